The fraction of sp³-hybridized carbons (Fsp3) is 0.895. The Morgan fingerprint density at radius 1 is 1.24 bits per heavy atom. The molecule has 0 saturated carbocycles. The van der Waals surface area contributed by atoms with Gasteiger partial charge >= 0.3 is 0 Å². The van der Waals surface area contributed by atoms with Crippen LogP contribution in [0, 0.1) is 5.92 Å². The van der Waals surface area contributed by atoms with E-state index in [1.807, 2.05) is 30.7 Å². The zero-order valence-corrected chi connectivity index (χ0v) is 17.2. The fourth-order valence-corrected chi connectivity index (χ4v) is 3.23. The number of hydrogen-bond acceptors (Lipinski definition) is 3. The van der Waals surface area contributed by atoms with Crippen molar-refractivity contribution in [3.8, 4) is 0 Å². The Balaban J connectivity index is 2.61. The lowest BCUT2D eigenvalue weighted by molar-refractivity contribution is -0.131. The molecule has 1 atom stereocenters. The first-order valence-corrected chi connectivity index (χ1v) is 9.94. The molecule has 1 N–H and O–H groups in total. The minimum absolute atomic E-state index is 0.149. The molecule has 6 heteroatoms. The minimum atomic E-state index is 0.149. The second-order valence-electron chi connectivity index (χ2n) is 7.18. The molecule has 1 unspecified atom stereocenters. The third-order valence-corrected chi connectivity index (χ3v) is 5.13. The fourth-order valence-electron chi connectivity index (χ4n) is 3.23. The van der Waals surface area contributed by atoms with Gasteiger partial charge in [-0.25, -0.2) is 0 Å². The van der Waals surface area contributed by atoms with E-state index in [-0.39, 0.29) is 5.91 Å². The molecule has 6 nitrogen and oxygen atoms in total. The SMILES string of the molecule is CCNC(=NCC(C)N1CCC(C)CC1)N(C)CC(=O)N(CC)CC. The van der Waals surface area contributed by atoms with Crippen LogP contribution in [-0.4, -0.2) is 85.5 Å². The summed E-state index contributed by atoms with van der Waals surface area (Å²) < 4.78 is 0. The molecule has 1 amide bonds. The van der Waals surface area contributed by atoms with Gasteiger partial charge in [-0.3, -0.25) is 14.7 Å². The number of likely N-dealkylation sites (tertiary alicyclic amines) is 1. The van der Waals surface area contributed by atoms with Crippen LogP contribution in [0.3, 0.4) is 0 Å². The number of amides is 1. The van der Waals surface area contributed by atoms with Gasteiger partial charge in [-0.1, -0.05) is 6.92 Å². The van der Waals surface area contributed by atoms with Crippen molar-refractivity contribution < 1.29 is 4.79 Å². The summed E-state index contributed by atoms with van der Waals surface area (Å²) in [5, 5.41) is 3.31. The third kappa shape index (κ3) is 7.22. The number of carbonyl (C=O) groups is 1. The third-order valence-electron chi connectivity index (χ3n) is 5.13. The Labute approximate surface area is 154 Å². The highest BCUT2D eigenvalue weighted by atomic mass is 16.2. The van der Waals surface area contributed by atoms with Crippen LogP contribution < -0.4 is 5.32 Å². The molecule has 1 rings (SSSR count). The van der Waals surface area contributed by atoms with Crippen molar-refractivity contribution in [1.29, 1.82) is 0 Å². The first-order valence-electron chi connectivity index (χ1n) is 9.94. The summed E-state index contributed by atoms with van der Waals surface area (Å²) in [6.07, 6.45) is 2.57. The molecular formula is C19H39N5O. The van der Waals surface area contributed by atoms with E-state index in [9.17, 15) is 4.79 Å². The predicted octanol–water partition coefficient (Wildman–Crippen LogP) is 1.87. The summed E-state index contributed by atoms with van der Waals surface area (Å²) in [6, 6.07) is 0.438. The Hall–Kier alpha value is -1.30. The van der Waals surface area contributed by atoms with Gasteiger partial charge in [0.25, 0.3) is 0 Å². The van der Waals surface area contributed by atoms with Crippen LogP contribution >= 0.6 is 0 Å². The highest BCUT2D eigenvalue weighted by Crippen LogP contribution is 2.18. The molecule has 25 heavy (non-hydrogen) atoms. The molecule has 0 spiro atoms. The van der Waals surface area contributed by atoms with E-state index < -0.39 is 0 Å². The summed E-state index contributed by atoms with van der Waals surface area (Å²) in [5.41, 5.74) is 0. The first-order chi connectivity index (χ1) is 11.9. The molecule has 0 aromatic rings. The Morgan fingerprint density at radius 3 is 2.36 bits per heavy atom. The van der Waals surface area contributed by atoms with Crippen LogP contribution in [-0.2, 0) is 4.79 Å². The minimum Gasteiger partial charge on any atom is -0.357 e. The molecule has 1 heterocycles. The quantitative estimate of drug-likeness (QED) is 0.535. The van der Waals surface area contributed by atoms with Crippen LogP contribution in [0.1, 0.15) is 47.5 Å². The van der Waals surface area contributed by atoms with Crippen LogP contribution in [0.5, 0.6) is 0 Å². The van der Waals surface area contributed by atoms with E-state index in [1.54, 1.807) is 0 Å². The average molecular weight is 354 g/mol. The van der Waals surface area contributed by atoms with E-state index in [2.05, 4.69) is 31.0 Å². The molecular weight excluding hydrogens is 314 g/mol. The van der Waals surface area contributed by atoms with Crippen molar-refractivity contribution in [2.24, 2.45) is 10.9 Å². The second-order valence-corrected chi connectivity index (χ2v) is 7.18. The summed E-state index contributed by atoms with van der Waals surface area (Å²) in [5.74, 6) is 1.82. The van der Waals surface area contributed by atoms with Gasteiger partial charge in [-0.15, -0.1) is 0 Å². The Morgan fingerprint density at radius 2 is 1.84 bits per heavy atom. The number of carbonyl (C=O) groups excluding carboxylic acids is 1. The van der Waals surface area contributed by atoms with Crippen molar-refractivity contribution in [3.05, 3.63) is 0 Å². The number of nitrogens with zero attached hydrogens (tertiary/aromatic N) is 4. The van der Waals surface area contributed by atoms with Crippen molar-refractivity contribution in [2.75, 3.05) is 52.9 Å². The van der Waals surface area contributed by atoms with Crippen LogP contribution in [0.2, 0.25) is 0 Å². The molecule has 0 bridgehead atoms. The molecule has 1 fully saturated rings. The van der Waals surface area contributed by atoms with Gasteiger partial charge in [0, 0.05) is 32.7 Å². The summed E-state index contributed by atoms with van der Waals surface area (Å²) in [6.45, 7) is 16.5. The van der Waals surface area contributed by atoms with Crippen molar-refractivity contribution >= 4 is 11.9 Å². The molecule has 0 aromatic heterocycles. The van der Waals surface area contributed by atoms with E-state index in [0.29, 0.717) is 12.6 Å². The lowest BCUT2D eigenvalue weighted by atomic mass is 9.98. The van der Waals surface area contributed by atoms with Gasteiger partial charge in [-0.05, 0) is 59.5 Å². The topological polar surface area (TPSA) is 51.2 Å². The first kappa shape index (κ1) is 21.7. The Kier molecular flexibility index (Phi) is 9.86. The zero-order valence-electron chi connectivity index (χ0n) is 17.2. The summed E-state index contributed by atoms with van der Waals surface area (Å²) >= 11 is 0. The zero-order chi connectivity index (χ0) is 18.8. The maximum atomic E-state index is 12.3. The van der Waals surface area contributed by atoms with Gasteiger partial charge in [0.15, 0.2) is 5.96 Å². The molecule has 0 aliphatic carbocycles. The lowest BCUT2D eigenvalue weighted by Crippen LogP contribution is -2.46. The van der Waals surface area contributed by atoms with E-state index in [0.717, 1.165) is 38.1 Å². The number of guanidine groups is 1. The van der Waals surface area contributed by atoms with Crippen LogP contribution in [0.4, 0.5) is 0 Å². The number of rotatable bonds is 8. The van der Waals surface area contributed by atoms with Gasteiger partial charge in [-0.2, -0.15) is 0 Å². The van der Waals surface area contributed by atoms with Crippen LogP contribution in [0.25, 0.3) is 0 Å². The maximum absolute atomic E-state index is 12.3. The van der Waals surface area contributed by atoms with E-state index in [4.69, 9.17) is 4.99 Å². The summed E-state index contributed by atoms with van der Waals surface area (Å²) in [7, 11) is 1.94. The number of nitrogens with one attached hydrogen (secondary N) is 1. The van der Waals surface area contributed by atoms with Crippen molar-refractivity contribution in [1.82, 2.24) is 20.0 Å². The molecule has 1 saturated heterocycles. The van der Waals surface area contributed by atoms with Gasteiger partial charge in [0.2, 0.25) is 5.91 Å². The van der Waals surface area contributed by atoms with Crippen molar-refractivity contribution in [2.45, 2.75) is 53.5 Å². The molecule has 0 aromatic carbocycles. The number of hydrogen-bond donors (Lipinski definition) is 1. The highest BCUT2D eigenvalue weighted by Gasteiger charge is 2.20. The lowest BCUT2D eigenvalue weighted by Gasteiger charge is -2.34. The standard InChI is InChI=1S/C19H39N5O/c1-7-20-19(22(6)15-18(25)23(8-2)9-3)21-14-17(5)24-12-10-16(4)11-13-24/h16-17H,7-15H2,1-6H3,(H,20,21). The van der Waals surface area contributed by atoms with Crippen molar-refractivity contribution in [3.63, 3.8) is 0 Å². The van der Waals surface area contributed by atoms with E-state index in [1.165, 1.54) is 25.9 Å². The monoisotopic (exact) mass is 353 g/mol. The predicted molar refractivity (Wildman–Crippen MR) is 106 cm³/mol. The smallest absolute Gasteiger partial charge is 0.242 e. The number of piperidine rings is 1. The molecule has 0 radical (unpaired) electrons. The number of aliphatic imine (C=N–C) groups is 1. The van der Waals surface area contributed by atoms with Gasteiger partial charge in [0.05, 0.1) is 13.1 Å². The normalized spacial score (nSPS) is 18.1. The average Bonchev–Trinajstić information content (AvgIpc) is 2.59. The highest BCUT2D eigenvalue weighted by molar-refractivity contribution is 5.86. The van der Waals surface area contributed by atoms with Crippen LogP contribution in [0.15, 0.2) is 4.99 Å². The molecule has 1 aliphatic heterocycles. The Bertz CT molecular complexity index is 414. The van der Waals surface area contributed by atoms with E-state index >= 15 is 0 Å². The van der Waals surface area contributed by atoms with Gasteiger partial charge < -0.3 is 15.1 Å². The summed E-state index contributed by atoms with van der Waals surface area (Å²) in [4.78, 5) is 23.5. The second kappa shape index (κ2) is 11.3. The maximum Gasteiger partial charge on any atom is 0.242 e. The number of likely N-dealkylation sites (N-methyl/N-ethyl adjacent to an activating group) is 2. The molecule has 146 valence electrons. The molecule has 1 aliphatic rings. The largest absolute Gasteiger partial charge is 0.357 e. The van der Waals surface area contributed by atoms with Gasteiger partial charge in [0.1, 0.15) is 0 Å².